The summed E-state index contributed by atoms with van der Waals surface area (Å²) in [5.74, 6) is 1.69. The number of hydrogen-bond acceptors (Lipinski definition) is 4. The van der Waals surface area contributed by atoms with Crippen molar-refractivity contribution in [1.29, 1.82) is 0 Å². The topological polar surface area (TPSA) is 52.8 Å². The van der Waals surface area contributed by atoms with E-state index in [4.69, 9.17) is 16.3 Å². The molecule has 96 valence electrons. The lowest BCUT2D eigenvalue weighted by atomic mass is 9.96. The highest BCUT2D eigenvalue weighted by atomic mass is 35.5. The van der Waals surface area contributed by atoms with Crippen LogP contribution in [0.4, 0.5) is 0 Å². The second-order valence-corrected chi connectivity index (χ2v) is 5.44. The Morgan fingerprint density at radius 3 is 2.56 bits per heavy atom. The summed E-state index contributed by atoms with van der Waals surface area (Å²) in [6.07, 6.45) is 3.37. The maximum absolute atomic E-state index is 5.98. The van der Waals surface area contributed by atoms with E-state index in [9.17, 15) is 0 Å². The molecule has 18 heavy (non-hydrogen) atoms. The van der Waals surface area contributed by atoms with Gasteiger partial charge in [0, 0.05) is 18.5 Å². The monoisotopic (exact) mass is 266 g/mol. The van der Waals surface area contributed by atoms with E-state index in [0.717, 1.165) is 0 Å². The number of hydrogen-bond donors (Lipinski definition) is 0. The minimum atomic E-state index is -0.183. The SMILES string of the molecule is Cn1cc(Oc2cc(Cl)nc(C(C)(C)C)n2)cn1. The molecule has 2 aromatic heterocycles. The van der Waals surface area contributed by atoms with E-state index in [2.05, 4.69) is 15.1 Å². The average molecular weight is 267 g/mol. The van der Waals surface area contributed by atoms with Gasteiger partial charge in [0.2, 0.25) is 5.88 Å². The van der Waals surface area contributed by atoms with Crippen molar-refractivity contribution in [2.75, 3.05) is 0 Å². The zero-order valence-electron chi connectivity index (χ0n) is 10.8. The Labute approximate surface area is 111 Å². The number of aromatic nitrogens is 4. The van der Waals surface area contributed by atoms with Gasteiger partial charge in [-0.1, -0.05) is 32.4 Å². The first-order valence-corrected chi connectivity index (χ1v) is 5.94. The summed E-state index contributed by atoms with van der Waals surface area (Å²) < 4.78 is 7.25. The largest absolute Gasteiger partial charge is 0.436 e. The number of aryl methyl sites for hydroxylation is 1. The van der Waals surface area contributed by atoms with Crippen molar-refractivity contribution >= 4 is 11.6 Å². The molecule has 2 aromatic rings. The smallest absolute Gasteiger partial charge is 0.224 e. The van der Waals surface area contributed by atoms with Gasteiger partial charge in [-0.2, -0.15) is 10.1 Å². The zero-order chi connectivity index (χ0) is 13.3. The highest BCUT2D eigenvalue weighted by Gasteiger charge is 2.19. The lowest BCUT2D eigenvalue weighted by molar-refractivity contribution is 0.445. The van der Waals surface area contributed by atoms with Crippen LogP contribution in [0.3, 0.4) is 0 Å². The molecule has 6 heteroatoms. The van der Waals surface area contributed by atoms with Gasteiger partial charge >= 0.3 is 0 Å². The van der Waals surface area contributed by atoms with E-state index in [-0.39, 0.29) is 5.41 Å². The Bertz CT molecular complexity index is 559. The standard InChI is InChI=1S/C12H15ClN4O/c1-12(2,3)11-15-9(13)5-10(16-11)18-8-6-14-17(4)7-8/h5-7H,1-4H3. The molecule has 0 fully saturated rings. The summed E-state index contributed by atoms with van der Waals surface area (Å²) in [5.41, 5.74) is -0.183. The maximum Gasteiger partial charge on any atom is 0.224 e. The number of ether oxygens (including phenoxy) is 1. The van der Waals surface area contributed by atoms with Crippen LogP contribution in [-0.2, 0) is 12.5 Å². The average Bonchev–Trinajstić information content (AvgIpc) is 2.61. The molecular weight excluding hydrogens is 252 g/mol. The Morgan fingerprint density at radius 2 is 2.00 bits per heavy atom. The van der Waals surface area contributed by atoms with Crippen molar-refractivity contribution in [2.45, 2.75) is 26.2 Å². The fourth-order valence-electron chi connectivity index (χ4n) is 1.36. The molecule has 0 aliphatic carbocycles. The fraction of sp³-hybridized carbons (Fsp3) is 0.417. The van der Waals surface area contributed by atoms with E-state index in [1.165, 1.54) is 0 Å². The molecule has 0 amide bonds. The third-order valence-electron chi connectivity index (χ3n) is 2.25. The van der Waals surface area contributed by atoms with Gasteiger partial charge in [0.1, 0.15) is 11.0 Å². The lowest BCUT2D eigenvalue weighted by Crippen LogP contribution is -2.16. The van der Waals surface area contributed by atoms with Crippen LogP contribution in [0.15, 0.2) is 18.5 Å². The van der Waals surface area contributed by atoms with E-state index in [1.54, 1.807) is 23.1 Å². The van der Waals surface area contributed by atoms with Gasteiger partial charge in [0.05, 0.1) is 12.4 Å². The number of rotatable bonds is 2. The summed E-state index contributed by atoms with van der Waals surface area (Å²) in [5, 5.41) is 4.39. The fourth-order valence-corrected chi connectivity index (χ4v) is 1.53. The molecule has 0 atom stereocenters. The highest BCUT2D eigenvalue weighted by Crippen LogP contribution is 2.25. The minimum Gasteiger partial charge on any atom is -0.436 e. The Kier molecular flexibility index (Phi) is 3.26. The van der Waals surface area contributed by atoms with Crippen molar-refractivity contribution in [3.63, 3.8) is 0 Å². The van der Waals surface area contributed by atoms with Crippen LogP contribution in [0.25, 0.3) is 0 Å². The van der Waals surface area contributed by atoms with Crippen LogP contribution in [0, 0.1) is 0 Å². The van der Waals surface area contributed by atoms with Crippen molar-refractivity contribution in [2.24, 2.45) is 7.05 Å². The van der Waals surface area contributed by atoms with Crippen LogP contribution in [-0.4, -0.2) is 19.7 Å². The lowest BCUT2D eigenvalue weighted by Gasteiger charge is -2.17. The van der Waals surface area contributed by atoms with E-state index in [0.29, 0.717) is 22.6 Å². The van der Waals surface area contributed by atoms with Gasteiger partial charge in [-0.15, -0.1) is 0 Å². The molecule has 2 heterocycles. The van der Waals surface area contributed by atoms with Crippen molar-refractivity contribution < 1.29 is 4.74 Å². The van der Waals surface area contributed by atoms with Crippen LogP contribution in [0.2, 0.25) is 5.15 Å². The molecule has 0 spiro atoms. The van der Waals surface area contributed by atoms with Crippen molar-refractivity contribution in [1.82, 2.24) is 19.7 Å². The van der Waals surface area contributed by atoms with Crippen LogP contribution < -0.4 is 4.74 Å². The van der Waals surface area contributed by atoms with Crippen LogP contribution in [0.1, 0.15) is 26.6 Å². The Hall–Kier alpha value is -1.62. The van der Waals surface area contributed by atoms with Crippen molar-refractivity contribution in [3.8, 4) is 11.6 Å². The molecule has 0 unspecified atom stereocenters. The predicted octanol–water partition coefficient (Wildman–Crippen LogP) is 2.95. The number of halogens is 1. The summed E-state index contributed by atoms with van der Waals surface area (Å²) in [6.45, 7) is 6.06. The molecule has 0 aromatic carbocycles. The molecule has 0 aliphatic rings. The molecule has 2 rings (SSSR count). The van der Waals surface area contributed by atoms with E-state index < -0.39 is 0 Å². The molecule has 0 radical (unpaired) electrons. The first kappa shape index (κ1) is 12.8. The molecule has 0 saturated carbocycles. The summed E-state index contributed by atoms with van der Waals surface area (Å²) in [4.78, 5) is 8.56. The highest BCUT2D eigenvalue weighted by molar-refractivity contribution is 6.29. The van der Waals surface area contributed by atoms with E-state index in [1.807, 2.05) is 27.8 Å². The first-order valence-electron chi connectivity index (χ1n) is 5.56. The van der Waals surface area contributed by atoms with Gasteiger partial charge in [0.25, 0.3) is 0 Å². The molecular formula is C12H15ClN4O. The van der Waals surface area contributed by atoms with Gasteiger partial charge in [-0.25, -0.2) is 4.98 Å². The Morgan fingerprint density at radius 1 is 1.28 bits per heavy atom. The first-order chi connectivity index (χ1) is 8.34. The van der Waals surface area contributed by atoms with Crippen LogP contribution >= 0.6 is 11.6 Å². The molecule has 0 bridgehead atoms. The van der Waals surface area contributed by atoms with Crippen LogP contribution in [0.5, 0.6) is 11.6 Å². The Balaban J connectivity index is 2.31. The van der Waals surface area contributed by atoms with E-state index >= 15 is 0 Å². The van der Waals surface area contributed by atoms with Crippen molar-refractivity contribution in [3.05, 3.63) is 29.4 Å². The molecule has 0 N–H and O–H groups in total. The van der Waals surface area contributed by atoms with Gasteiger partial charge < -0.3 is 4.74 Å². The molecule has 5 nitrogen and oxygen atoms in total. The van der Waals surface area contributed by atoms with Gasteiger partial charge in [-0.3, -0.25) is 4.68 Å². The summed E-state index contributed by atoms with van der Waals surface area (Å²) >= 11 is 5.98. The molecule has 0 saturated heterocycles. The van der Waals surface area contributed by atoms with Gasteiger partial charge in [-0.05, 0) is 0 Å². The third-order valence-corrected chi connectivity index (χ3v) is 2.44. The normalized spacial score (nSPS) is 11.6. The maximum atomic E-state index is 5.98. The second kappa shape index (κ2) is 4.57. The number of nitrogens with zero attached hydrogens (tertiary/aromatic N) is 4. The predicted molar refractivity (Wildman–Crippen MR) is 69.0 cm³/mol. The van der Waals surface area contributed by atoms with Gasteiger partial charge in [0.15, 0.2) is 5.75 Å². The zero-order valence-corrected chi connectivity index (χ0v) is 11.6. The summed E-state index contributed by atoms with van der Waals surface area (Å²) in [6, 6.07) is 1.59. The second-order valence-electron chi connectivity index (χ2n) is 5.05. The summed E-state index contributed by atoms with van der Waals surface area (Å²) in [7, 11) is 1.82. The third kappa shape index (κ3) is 2.98. The quantitative estimate of drug-likeness (QED) is 0.784. The minimum absolute atomic E-state index is 0.183. The molecule has 0 aliphatic heterocycles.